The van der Waals surface area contributed by atoms with Crippen molar-refractivity contribution in [2.24, 2.45) is 0 Å². The summed E-state index contributed by atoms with van der Waals surface area (Å²) in [6.45, 7) is 0.939. The van der Waals surface area contributed by atoms with Gasteiger partial charge >= 0.3 is 0 Å². The number of anilines is 1. The number of thiazole rings is 1. The molecule has 0 amide bonds. The van der Waals surface area contributed by atoms with Gasteiger partial charge in [-0.05, 0) is 12.8 Å². The van der Waals surface area contributed by atoms with Gasteiger partial charge in [-0.15, -0.1) is 11.3 Å². The molecule has 1 heterocycles. The fourth-order valence-corrected chi connectivity index (χ4v) is 2.03. The van der Waals surface area contributed by atoms with Crippen molar-refractivity contribution in [2.45, 2.75) is 18.9 Å². The molecule has 3 nitrogen and oxygen atoms in total. The van der Waals surface area contributed by atoms with Crippen molar-refractivity contribution in [1.29, 1.82) is 0 Å². The van der Waals surface area contributed by atoms with Crippen LogP contribution in [-0.2, 0) is 0 Å². The lowest BCUT2D eigenvalue weighted by molar-refractivity contribution is 0.301. The van der Waals surface area contributed by atoms with Crippen molar-refractivity contribution >= 4 is 16.5 Å². The lowest BCUT2D eigenvalue weighted by Gasteiger charge is -2.19. The van der Waals surface area contributed by atoms with E-state index in [4.69, 9.17) is 5.11 Å². The molecule has 66 valence electrons. The topological polar surface area (TPSA) is 36.4 Å². The van der Waals surface area contributed by atoms with E-state index < -0.39 is 0 Å². The third kappa shape index (κ3) is 1.59. The number of rotatable bonds is 4. The Hall–Kier alpha value is -0.610. The van der Waals surface area contributed by atoms with E-state index in [1.807, 2.05) is 11.6 Å². The summed E-state index contributed by atoms with van der Waals surface area (Å²) in [5, 5.41) is 11.9. The Morgan fingerprint density at radius 1 is 1.67 bits per heavy atom. The van der Waals surface area contributed by atoms with E-state index in [0.29, 0.717) is 6.04 Å². The zero-order valence-corrected chi connectivity index (χ0v) is 7.63. The predicted octanol–water partition coefficient (Wildman–Crippen LogP) is 1.10. The van der Waals surface area contributed by atoms with Crippen LogP contribution in [-0.4, -0.2) is 29.3 Å². The number of aliphatic hydroxyl groups excluding tert-OH is 1. The highest BCUT2D eigenvalue weighted by molar-refractivity contribution is 7.13. The molecule has 12 heavy (non-hydrogen) atoms. The van der Waals surface area contributed by atoms with Gasteiger partial charge in [-0.3, -0.25) is 0 Å². The lowest BCUT2D eigenvalue weighted by Crippen LogP contribution is -2.28. The fourth-order valence-electron chi connectivity index (χ4n) is 1.29. The third-order valence-electron chi connectivity index (χ3n) is 1.99. The minimum absolute atomic E-state index is 0.218. The number of aromatic nitrogens is 1. The largest absolute Gasteiger partial charge is 0.395 e. The van der Waals surface area contributed by atoms with Crippen molar-refractivity contribution in [3.8, 4) is 0 Å². The zero-order chi connectivity index (χ0) is 8.39. The smallest absolute Gasteiger partial charge is 0.185 e. The second-order valence-corrected chi connectivity index (χ2v) is 3.84. The van der Waals surface area contributed by atoms with E-state index in [9.17, 15) is 0 Å². The molecule has 2 rings (SSSR count). The SMILES string of the molecule is OCCN(c1nccs1)C1CC1. The van der Waals surface area contributed by atoms with Gasteiger partial charge in [0.05, 0.1) is 6.61 Å². The van der Waals surface area contributed by atoms with Crippen molar-refractivity contribution in [3.05, 3.63) is 11.6 Å². The molecule has 0 bridgehead atoms. The number of aliphatic hydroxyl groups is 1. The first-order valence-electron chi connectivity index (χ1n) is 4.19. The number of nitrogens with zero attached hydrogens (tertiary/aromatic N) is 2. The first-order valence-corrected chi connectivity index (χ1v) is 5.07. The average molecular weight is 184 g/mol. The molecule has 0 radical (unpaired) electrons. The van der Waals surface area contributed by atoms with Gasteiger partial charge in [-0.1, -0.05) is 0 Å². The molecular weight excluding hydrogens is 172 g/mol. The van der Waals surface area contributed by atoms with Crippen LogP contribution in [0.25, 0.3) is 0 Å². The molecule has 1 fully saturated rings. The normalized spacial score (nSPS) is 16.4. The van der Waals surface area contributed by atoms with E-state index >= 15 is 0 Å². The van der Waals surface area contributed by atoms with Crippen LogP contribution >= 0.6 is 11.3 Å². The van der Waals surface area contributed by atoms with Crippen LogP contribution in [0.2, 0.25) is 0 Å². The molecule has 1 saturated carbocycles. The molecule has 0 atom stereocenters. The molecule has 1 aliphatic carbocycles. The summed E-state index contributed by atoms with van der Waals surface area (Å²) >= 11 is 1.64. The average Bonchev–Trinajstić information content (AvgIpc) is 2.77. The maximum absolute atomic E-state index is 8.85. The maximum Gasteiger partial charge on any atom is 0.185 e. The highest BCUT2D eigenvalue weighted by Gasteiger charge is 2.29. The van der Waals surface area contributed by atoms with Crippen molar-refractivity contribution in [3.63, 3.8) is 0 Å². The lowest BCUT2D eigenvalue weighted by atomic mass is 10.5. The van der Waals surface area contributed by atoms with Crippen LogP contribution < -0.4 is 4.90 Å². The quantitative estimate of drug-likeness (QED) is 0.761. The summed E-state index contributed by atoms with van der Waals surface area (Å²) in [6, 6.07) is 0.642. The van der Waals surface area contributed by atoms with Crippen molar-refractivity contribution < 1.29 is 5.11 Å². The van der Waals surface area contributed by atoms with Crippen LogP contribution in [0.4, 0.5) is 5.13 Å². The van der Waals surface area contributed by atoms with E-state index in [1.54, 1.807) is 11.3 Å². The van der Waals surface area contributed by atoms with Crippen LogP contribution in [0.15, 0.2) is 11.6 Å². The molecule has 1 aliphatic rings. The Labute approximate surface area is 75.7 Å². The third-order valence-corrected chi connectivity index (χ3v) is 2.80. The molecular formula is C8H12N2OS. The Kier molecular flexibility index (Phi) is 2.28. The van der Waals surface area contributed by atoms with E-state index in [-0.39, 0.29) is 6.61 Å². The standard InChI is InChI=1S/C8H12N2OS/c11-5-4-10(7-1-2-7)8-9-3-6-12-8/h3,6-7,11H,1-2,4-5H2. The molecule has 0 aromatic carbocycles. The molecule has 0 saturated heterocycles. The highest BCUT2D eigenvalue weighted by Crippen LogP contribution is 2.32. The van der Waals surface area contributed by atoms with Crippen molar-refractivity contribution in [2.75, 3.05) is 18.1 Å². The predicted molar refractivity (Wildman–Crippen MR) is 49.6 cm³/mol. The monoisotopic (exact) mass is 184 g/mol. The first kappa shape index (κ1) is 8.01. The molecule has 0 spiro atoms. The second kappa shape index (κ2) is 3.41. The van der Waals surface area contributed by atoms with E-state index in [2.05, 4.69) is 9.88 Å². The molecule has 4 heteroatoms. The summed E-state index contributed by atoms with van der Waals surface area (Å²) in [4.78, 5) is 6.43. The summed E-state index contributed by atoms with van der Waals surface area (Å²) in [5.74, 6) is 0. The van der Waals surface area contributed by atoms with Crippen LogP contribution in [0.1, 0.15) is 12.8 Å². The summed E-state index contributed by atoms with van der Waals surface area (Å²) in [5.41, 5.74) is 0. The highest BCUT2D eigenvalue weighted by atomic mass is 32.1. The molecule has 0 aliphatic heterocycles. The number of hydrogen-bond acceptors (Lipinski definition) is 4. The Balaban J connectivity index is 2.05. The van der Waals surface area contributed by atoms with Gasteiger partial charge in [0, 0.05) is 24.2 Å². The van der Waals surface area contributed by atoms with Gasteiger partial charge in [-0.25, -0.2) is 4.98 Å². The summed E-state index contributed by atoms with van der Waals surface area (Å²) in [7, 11) is 0. The van der Waals surface area contributed by atoms with Gasteiger partial charge in [0.25, 0.3) is 0 Å². The minimum Gasteiger partial charge on any atom is -0.395 e. The van der Waals surface area contributed by atoms with E-state index in [0.717, 1.165) is 11.7 Å². The van der Waals surface area contributed by atoms with Gasteiger partial charge in [0.15, 0.2) is 5.13 Å². The van der Waals surface area contributed by atoms with Gasteiger partial charge < -0.3 is 10.0 Å². The Morgan fingerprint density at radius 3 is 3.00 bits per heavy atom. The molecule has 1 N–H and O–H groups in total. The van der Waals surface area contributed by atoms with Crippen molar-refractivity contribution in [1.82, 2.24) is 4.98 Å². The Bertz CT molecular complexity index is 233. The minimum atomic E-state index is 0.218. The van der Waals surface area contributed by atoms with Gasteiger partial charge in [-0.2, -0.15) is 0 Å². The molecule has 0 unspecified atom stereocenters. The van der Waals surface area contributed by atoms with Gasteiger partial charge in [0.2, 0.25) is 0 Å². The Morgan fingerprint density at radius 2 is 2.50 bits per heavy atom. The molecule has 1 aromatic rings. The zero-order valence-electron chi connectivity index (χ0n) is 6.81. The summed E-state index contributed by atoms with van der Waals surface area (Å²) in [6.07, 6.45) is 4.31. The molecule has 1 aromatic heterocycles. The van der Waals surface area contributed by atoms with Crippen LogP contribution in [0.5, 0.6) is 0 Å². The maximum atomic E-state index is 8.85. The first-order chi connectivity index (χ1) is 5.92. The summed E-state index contributed by atoms with van der Waals surface area (Å²) < 4.78 is 0. The number of hydrogen-bond donors (Lipinski definition) is 1. The second-order valence-electron chi connectivity index (χ2n) is 2.96. The van der Waals surface area contributed by atoms with Crippen LogP contribution in [0.3, 0.4) is 0 Å². The van der Waals surface area contributed by atoms with E-state index in [1.165, 1.54) is 12.8 Å². The fraction of sp³-hybridized carbons (Fsp3) is 0.625. The van der Waals surface area contributed by atoms with Gasteiger partial charge in [0.1, 0.15) is 0 Å². The van der Waals surface area contributed by atoms with Crippen LogP contribution in [0, 0.1) is 0 Å².